The normalized spacial score (nSPS) is 13.7. The summed E-state index contributed by atoms with van der Waals surface area (Å²) >= 11 is 0. The maximum Gasteiger partial charge on any atom is 0.180 e. The van der Waals surface area contributed by atoms with Gasteiger partial charge in [0.1, 0.15) is 11.4 Å². The van der Waals surface area contributed by atoms with Gasteiger partial charge in [0.15, 0.2) is 11.6 Å². The first-order chi connectivity index (χ1) is 12.7. The predicted molar refractivity (Wildman–Crippen MR) is 98.6 cm³/mol. The van der Waals surface area contributed by atoms with E-state index in [4.69, 9.17) is 14.6 Å². The zero-order chi connectivity index (χ0) is 18.1. The Bertz CT molecular complexity index is 897. The lowest BCUT2D eigenvalue weighted by Gasteiger charge is -2.08. The molecule has 0 amide bonds. The third-order valence-corrected chi connectivity index (χ3v) is 4.77. The summed E-state index contributed by atoms with van der Waals surface area (Å²) in [5.41, 5.74) is 4.52. The van der Waals surface area contributed by atoms with E-state index in [1.807, 2.05) is 12.1 Å². The Labute approximate surface area is 152 Å². The molecule has 6 heteroatoms. The lowest BCUT2D eigenvalue weighted by molar-refractivity contribution is 0.411. The molecule has 0 unspecified atom stereocenters. The summed E-state index contributed by atoms with van der Waals surface area (Å²) in [6.07, 6.45) is 5.80. The molecule has 1 saturated carbocycles. The van der Waals surface area contributed by atoms with Gasteiger partial charge in [-0.1, -0.05) is 12.1 Å². The molecular formula is C20H22N4O2. The van der Waals surface area contributed by atoms with E-state index < -0.39 is 0 Å². The average molecular weight is 350 g/mol. The topological polar surface area (TPSA) is 62.1 Å². The molecule has 0 atom stereocenters. The Morgan fingerprint density at radius 2 is 1.65 bits per heavy atom. The van der Waals surface area contributed by atoms with Crippen molar-refractivity contribution in [2.24, 2.45) is 0 Å². The van der Waals surface area contributed by atoms with Gasteiger partial charge in [-0.15, -0.1) is 0 Å². The summed E-state index contributed by atoms with van der Waals surface area (Å²) in [6, 6.07) is 8.12. The van der Waals surface area contributed by atoms with Crippen molar-refractivity contribution in [2.75, 3.05) is 14.2 Å². The van der Waals surface area contributed by atoms with Gasteiger partial charge in [-0.25, -0.2) is 9.97 Å². The minimum atomic E-state index is 0.591. The fraction of sp³-hybridized carbons (Fsp3) is 0.350. The molecule has 3 aromatic rings. The van der Waals surface area contributed by atoms with Crippen molar-refractivity contribution in [3.8, 4) is 23.0 Å². The first-order valence-electron chi connectivity index (χ1n) is 8.76. The van der Waals surface area contributed by atoms with Crippen LogP contribution in [0.4, 0.5) is 0 Å². The third kappa shape index (κ3) is 3.14. The van der Waals surface area contributed by atoms with Crippen molar-refractivity contribution in [1.29, 1.82) is 0 Å². The number of methoxy groups -OCH3 is 2. The first-order valence-corrected chi connectivity index (χ1v) is 8.76. The van der Waals surface area contributed by atoms with Gasteiger partial charge in [0, 0.05) is 17.2 Å². The second-order valence-electron chi connectivity index (χ2n) is 6.59. The molecule has 1 aromatic carbocycles. The first kappa shape index (κ1) is 16.6. The summed E-state index contributed by atoms with van der Waals surface area (Å²) in [5, 5.41) is 4.85. The van der Waals surface area contributed by atoms with Crippen LogP contribution < -0.4 is 9.47 Å². The van der Waals surface area contributed by atoms with Crippen LogP contribution in [0, 0.1) is 6.92 Å². The fourth-order valence-electron chi connectivity index (χ4n) is 3.22. The Morgan fingerprint density at radius 1 is 1.00 bits per heavy atom. The van der Waals surface area contributed by atoms with E-state index >= 15 is 0 Å². The number of hydrogen-bond acceptors (Lipinski definition) is 5. The molecule has 0 aliphatic heterocycles. The highest BCUT2D eigenvalue weighted by molar-refractivity contribution is 5.57. The van der Waals surface area contributed by atoms with E-state index in [0.29, 0.717) is 17.5 Å². The molecule has 1 aliphatic rings. The summed E-state index contributed by atoms with van der Waals surface area (Å²) in [4.78, 5) is 8.83. The van der Waals surface area contributed by atoms with Crippen molar-refractivity contribution >= 4 is 0 Å². The van der Waals surface area contributed by atoms with Gasteiger partial charge < -0.3 is 9.47 Å². The number of aromatic nitrogens is 4. The lowest BCUT2D eigenvalue weighted by Crippen LogP contribution is -2.06. The number of ether oxygens (including phenoxy) is 2. The summed E-state index contributed by atoms with van der Waals surface area (Å²) in [7, 11) is 3.29. The van der Waals surface area contributed by atoms with Gasteiger partial charge in [0.05, 0.1) is 33.2 Å². The molecule has 0 radical (unpaired) electrons. The zero-order valence-electron chi connectivity index (χ0n) is 15.3. The Hall–Kier alpha value is -2.89. The highest BCUT2D eigenvalue weighted by atomic mass is 16.5. The second kappa shape index (κ2) is 6.78. The van der Waals surface area contributed by atoms with Crippen LogP contribution >= 0.6 is 0 Å². The second-order valence-corrected chi connectivity index (χ2v) is 6.59. The van der Waals surface area contributed by atoms with E-state index in [0.717, 1.165) is 18.0 Å². The van der Waals surface area contributed by atoms with Crippen molar-refractivity contribution in [2.45, 2.75) is 32.2 Å². The molecule has 2 heterocycles. The molecule has 0 bridgehead atoms. The highest BCUT2D eigenvalue weighted by Gasteiger charge is 2.31. The van der Waals surface area contributed by atoms with Crippen molar-refractivity contribution < 1.29 is 9.47 Å². The van der Waals surface area contributed by atoms with E-state index in [2.05, 4.69) is 33.7 Å². The van der Waals surface area contributed by atoms with Crippen LogP contribution in [-0.4, -0.2) is 34.0 Å². The van der Waals surface area contributed by atoms with Gasteiger partial charge in [-0.05, 0) is 37.5 Å². The molecule has 4 rings (SSSR count). The molecular weight excluding hydrogens is 328 g/mol. The molecule has 1 aliphatic carbocycles. The molecule has 6 nitrogen and oxygen atoms in total. The fourth-order valence-corrected chi connectivity index (χ4v) is 3.22. The van der Waals surface area contributed by atoms with E-state index in [9.17, 15) is 0 Å². The summed E-state index contributed by atoms with van der Waals surface area (Å²) < 4.78 is 12.5. The van der Waals surface area contributed by atoms with Crippen molar-refractivity contribution in [1.82, 2.24) is 19.7 Å². The Morgan fingerprint density at radius 3 is 2.23 bits per heavy atom. The predicted octanol–water partition coefficient (Wildman–Crippen LogP) is 3.59. The zero-order valence-corrected chi connectivity index (χ0v) is 15.3. The van der Waals surface area contributed by atoms with Gasteiger partial charge in [0.25, 0.3) is 0 Å². The van der Waals surface area contributed by atoms with Crippen molar-refractivity contribution in [3.05, 3.63) is 53.5 Å². The quantitative estimate of drug-likeness (QED) is 0.680. The minimum Gasteiger partial charge on any atom is -0.497 e. The maximum atomic E-state index is 5.24. The van der Waals surface area contributed by atoms with Crippen LogP contribution in [-0.2, 0) is 6.54 Å². The Kier molecular flexibility index (Phi) is 4.32. The molecule has 0 spiro atoms. The Balaban J connectivity index is 1.69. The van der Waals surface area contributed by atoms with Crippen LogP contribution in [0.25, 0.3) is 11.5 Å². The van der Waals surface area contributed by atoms with E-state index in [1.165, 1.54) is 29.7 Å². The standard InChI is InChI=1S/C20H22N4O2/c1-13-18(20-21-10-17(26-3)11-22-20)23-24(19(13)15-6-7-15)12-14-4-8-16(25-2)9-5-14/h4-5,8-11,15H,6-7,12H2,1-3H3. The monoisotopic (exact) mass is 350 g/mol. The molecule has 2 aromatic heterocycles. The average Bonchev–Trinajstić information content (AvgIpc) is 3.46. The lowest BCUT2D eigenvalue weighted by atomic mass is 10.1. The third-order valence-electron chi connectivity index (χ3n) is 4.77. The van der Waals surface area contributed by atoms with Crippen LogP contribution in [0.3, 0.4) is 0 Å². The van der Waals surface area contributed by atoms with E-state index in [1.54, 1.807) is 26.6 Å². The van der Waals surface area contributed by atoms with Gasteiger partial charge >= 0.3 is 0 Å². The number of benzene rings is 1. The summed E-state index contributed by atoms with van der Waals surface area (Å²) in [6.45, 7) is 2.85. The molecule has 0 N–H and O–H groups in total. The van der Waals surface area contributed by atoms with Crippen LogP contribution in [0.5, 0.6) is 11.5 Å². The number of hydrogen-bond donors (Lipinski definition) is 0. The molecule has 134 valence electrons. The highest BCUT2D eigenvalue weighted by Crippen LogP contribution is 2.43. The smallest absolute Gasteiger partial charge is 0.180 e. The largest absolute Gasteiger partial charge is 0.497 e. The SMILES string of the molecule is COc1ccc(Cn2nc(-c3ncc(OC)cn3)c(C)c2C2CC2)cc1. The maximum absolute atomic E-state index is 5.24. The van der Waals surface area contributed by atoms with Crippen LogP contribution in [0.2, 0.25) is 0 Å². The molecule has 26 heavy (non-hydrogen) atoms. The number of rotatable bonds is 6. The number of nitrogens with zero attached hydrogens (tertiary/aromatic N) is 4. The van der Waals surface area contributed by atoms with E-state index in [-0.39, 0.29) is 0 Å². The molecule has 0 saturated heterocycles. The van der Waals surface area contributed by atoms with Gasteiger partial charge in [0.2, 0.25) is 0 Å². The van der Waals surface area contributed by atoms with Gasteiger partial charge in [-0.2, -0.15) is 5.10 Å². The summed E-state index contributed by atoms with van der Waals surface area (Å²) in [5.74, 6) is 2.73. The van der Waals surface area contributed by atoms with Crippen molar-refractivity contribution in [3.63, 3.8) is 0 Å². The van der Waals surface area contributed by atoms with Gasteiger partial charge in [-0.3, -0.25) is 4.68 Å². The molecule has 1 fully saturated rings. The van der Waals surface area contributed by atoms with Crippen LogP contribution in [0.1, 0.15) is 35.6 Å². The minimum absolute atomic E-state index is 0.591. The van der Waals surface area contributed by atoms with Crippen LogP contribution in [0.15, 0.2) is 36.7 Å².